The molecular weight excluding hydrogens is 362 g/mol. The highest BCUT2D eigenvalue weighted by molar-refractivity contribution is 5.82. The Morgan fingerprint density at radius 3 is 1.97 bits per heavy atom. The summed E-state index contributed by atoms with van der Waals surface area (Å²) in [6.45, 7) is 4.38. The Labute approximate surface area is 183 Å². The molecule has 0 radical (unpaired) electrons. The second-order valence-corrected chi connectivity index (χ2v) is 8.87. The topological polar surface area (TPSA) is 12.9 Å². The molecule has 0 atom stereocenters. The third-order valence-corrected chi connectivity index (χ3v) is 6.17. The van der Waals surface area contributed by atoms with Crippen LogP contribution in [0.15, 0.2) is 54.6 Å². The van der Waals surface area contributed by atoms with Crippen LogP contribution in [-0.4, -0.2) is 4.98 Å². The summed E-state index contributed by atoms with van der Waals surface area (Å²) in [7, 11) is 0. The molecule has 1 nitrogen and oxygen atoms in total. The molecule has 3 aromatic rings. The zero-order valence-electron chi connectivity index (χ0n) is 19.1. The standard InChI is InChI=1S/C29H39N/c1-3-4-5-6-7-8-9-10-11-12-15-25-18-20-26(21-19-25)23-27-22-24(2)30-29-17-14-13-16-28(27)29/h13-14,16-22H,3-12,15,23H2,1-2H3. The molecule has 30 heavy (non-hydrogen) atoms. The van der Waals surface area contributed by atoms with Gasteiger partial charge in [0.25, 0.3) is 0 Å². The molecule has 0 fully saturated rings. The van der Waals surface area contributed by atoms with E-state index in [0.29, 0.717) is 0 Å². The lowest BCUT2D eigenvalue weighted by Crippen LogP contribution is -1.95. The fourth-order valence-electron chi connectivity index (χ4n) is 4.40. The Kier molecular flexibility index (Phi) is 9.41. The van der Waals surface area contributed by atoms with Crippen LogP contribution in [-0.2, 0) is 12.8 Å². The fraction of sp³-hybridized carbons (Fsp3) is 0.483. The van der Waals surface area contributed by atoms with Gasteiger partial charge in [0.1, 0.15) is 0 Å². The van der Waals surface area contributed by atoms with Crippen LogP contribution in [0.4, 0.5) is 0 Å². The molecule has 0 saturated carbocycles. The predicted molar refractivity (Wildman–Crippen MR) is 131 cm³/mol. The van der Waals surface area contributed by atoms with E-state index in [4.69, 9.17) is 0 Å². The predicted octanol–water partition coefficient (Wildman–Crippen LogP) is 8.60. The van der Waals surface area contributed by atoms with E-state index < -0.39 is 0 Å². The molecule has 0 bridgehead atoms. The lowest BCUT2D eigenvalue weighted by Gasteiger charge is -2.09. The highest BCUT2D eigenvalue weighted by atomic mass is 14.7. The molecule has 1 aromatic heterocycles. The molecule has 0 spiro atoms. The number of hydrogen-bond donors (Lipinski definition) is 0. The minimum atomic E-state index is 0.975. The Bertz CT molecular complexity index is 879. The van der Waals surface area contributed by atoms with Gasteiger partial charge in [-0.1, -0.05) is 107 Å². The first kappa shape index (κ1) is 22.5. The summed E-state index contributed by atoms with van der Waals surface area (Å²) in [6.07, 6.45) is 16.2. The van der Waals surface area contributed by atoms with Gasteiger partial charge in [-0.3, -0.25) is 4.98 Å². The van der Waals surface area contributed by atoms with E-state index in [1.807, 2.05) is 0 Å². The Balaban J connectivity index is 1.40. The van der Waals surface area contributed by atoms with E-state index in [-0.39, 0.29) is 0 Å². The molecular formula is C29H39N. The van der Waals surface area contributed by atoms with Crippen molar-refractivity contribution in [3.63, 3.8) is 0 Å². The van der Waals surface area contributed by atoms with Gasteiger partial charge in [0.2, 0.25) is 0 Å². The van der Waals surface area contributed by atoms with Gasteiger partial charge in [0.05, 0.1) is 5.52 Å². The van der Waals surface area contributed by atoms with Gasteiger partial charge < -0.3 is 0 Å². The summed E-state index contributed by atoms with van der Waals surface area (Å²) < 4.78 is 0. The van der Waals surface area contributed by atoms with Crippen LogP contribution in [0.25, 0.3) is 10.9 Å². The first-order valence-electron chi connectivity index (χ1n) is 12.2. The van der Waals surface area contributed by atoms with E-state index in [2.05, 4.69) is 73.4 Å². The zero-order valence-corrected chi connectivity index (χ0v) is 19.1. The molecule has 0 saturated heterocycles. The third-order valence-electron chi connectivity index (χ3n) is 6.17. The number of nitrogens with zero attached hydrogens (tertiary/aromatic N) is 1. The van der Waals surface area contributed by atoms with Crippen LogP contribution in [0.5, 0.6) is 0 Å². The second-order valence-electron chi connectivity index (χ2n) is 8.87. The van der Waals surface area contributed by atoms with Gasteiger partial charge in [-0.05, 0) is 55.0 Å². The average Bonchev–Trinajstić information content (AvgIpc) is 2.76. The number of pyridine rings is 1. The molecule has 160 valence electrons. The SMILES string of the molecule is CCCCCCCCCCCCc1ccc(Cc2cc(C)nc3ccccc23)cc1. The number of rotatable bonds is 13. The summed E-state index contributed by atoms with van der Waals surface area (Å²) >= 11 is 0. The van der Waals surface area contributed by atoms with Crippen LogP contribution < -0.4 is 0 Å². The fourth-order valence-corrected chi connectivity index (χ4v) is 4.40. The van der Waals surface area contributed by atoms with E-state index >= 15 is 0 Å². The van der Waals surface area contributed by atoms with Crippen LogP contribution in [0.1, 0.15) is 93.5 Å². The minimum Gasteiger partial charge on any atom is -0.253 e. The zero-order chi connectivity index (χ0) is 21.0. The lowest BCUT2D eigenvalue weighted by molar-refractivity contribution is 0.556. The quantitative estimate of drug-likeness (QED) is 0.261. The van der Waals surface area contributed by atoms with Gasteiger partial charge in [0, 0.05) is 11.1 Å². The van der Waals surface area contributed by atoms with Crippen LogP contribution in [0, 0.1) is 6.92 Å². The highest BCUT2D eigenvalue weighted by Crippen LogP contribution is 2.22. The minimum absolute atomic E-state index is 0.975. The first-order chi connectivity index (χ1) is 14.8. The number of fused-ring (bicyclic) bond motifs is 1. The van der Waals surface area contributed by atoms with Crippen molar-refractivity contribution >= 4 is 10.9 Å². The molecule has 0 N–H and O–H groups in total. The van der Waals surface area contributed by atoms with Crippen molar-refractivity contribution in [1.29, 1.82) is 0 Å². The largest absolute Gasteiger partial charge is 0.253 e. The Morgan fingerprint density at radius 2 is 1.27 bits per heavy atom. The average molecular weight is 402 g/mol. The maximum absolute atomic E-state index is 4.67. The lowest BCUT2D eigenvalue weighted by atomic mass is 9.98. The molecule has 1 heteroatoms. The second kappa shape index (κ2) is 12.5. The van der Waals surface area contributed by atoms with Crippen molar-refractivity contribution in [1.82, 2.24) is 4.98 Å². The molecule has 0 aliphatic rings. The first-order valence-corrected chi connectivity index (χ1v) is 12.2. The normalized spacial score (nSPS) is 11.3. The molecule has 0 aliphatic carbocycles. The van der Waals surface area contributed by atoms with Gasteiger partial charge in [-0.15, -0.1) is 0 Å². The smallest absolute Gasteiger partial charge is 0.0708 e. The van der Waals surface area contributed by atoms with E-state index in [9.17, 15) is 0 Å². The maximum Gasteiger partial charge on any atom is 0.0708 e. The van der Waals surface area contributed by atoms with Gasteiger partial charge in [-0.25, -0.2) is 0 Å². The Morgan fingerprint density at radius 1 is 0.667 bits per heavy atom. The highest BCUT2D eigenvalue weighted by Gasteiger charge is 2.05. The van der Waals surface area contributed by atoms with Gasteiger partial charge in [-0.2, -0.15) is 0 Å². The summed E-state index contributed by atoms with van der Waals surface area (Å²) in [5, 5.41) is 1.28. The summed E-state index contributed by atoms with van der Waals surface area (Å²) in [5.74, 6) is 0. The van der Waals surface area contributed by atoms with Crippen molar-refractivity contribution in [3.8, 4) is 0 Å². The number of benzene rings is 2. The number of para-hydroxylation sites is 1. The summed E-state index contributed by atoms with van der Waals surface area (Å²) in [5.41, 5.74) is 6.44. The van der Waals surface area contributed by atoms with E-state index in [0.717, 1.165) is 17.6 Å². The third kappa shape index (κ3) is 7.27. The van der Waals surface area contributed by atoms with Crippen molar-refractivity contribution in [2.45, 2.75) is 90.9 Å². The van der Waals surface area contributed by atoms with Crippen LogP contribution in [0.3, 0.4) is 0 Å². The molecule has 0 unspecified atom stereocenters. The molecule has 3 rings (SSSR count). The molecule has 0 aliphatic heterocycles. The Hall–Kier alpha value is -2.15. The van der Waals surface area contributed by atoms with Crippen molar-refractivity contribution < 1.29 is 0 Å². The molecule has 2 aromatic carbocycles. The van der Waals surface area contributed by atoms with E-state index in [1.165, 1.54) is 92.7 Å². The van der Waals surface area contributed by atoms with Crippen molar-refractivity contribution in [2.24, 2.45) is 0 Å². The number of hydrogen-bond acceptors (Lipinski definition) is 1. The number of aromatic nitrogens is 1. The van der Waals surface area contributed by atoms with Crippen molar-refractivity contribution in [3.05, 3.63) is 77.0 Å². The summed E-state index contributed by atoms with van der Waals surface area (Å²) in [6, 6.07) is 20.0. The summed E-state index contributed by atoms with van der Waals surface area (Å²) in [4.78, 5) is 4.67. The maximum atomic E-state index is 4.67. The van der Waals surface area contributed by atoms with E-state index in [1.54, 1.807) is 0 Å². The molecule has 1 heterocycles. The number of aryl methyl sites for hydroxylation is 2. The van der Waals surface area contributed by atoms with Gasteiger partial charge >= 0.3 is 0 Å². The van der Waals surface area contributed by atoms with Crippen molar-refractivity contribution in [2.75, 3.05) is 0 Å². The molecule has 0 amide bonds. The van der Waals surface area contributed by atoms with Crippen LogP contribution >= 0.6 is 0 Å². The monoisotopic (exact) mass is 401 g/mol. The van der Waals surface area contributed by atoms with Gasteiger partial charge in [0.15, 0.2) is 0 Å². The van der Waals surface area contributed by atoms with Crippen LogP contribution in [0.2, 0.25) is 0 Å². The number of unbranched alkanes of at least 4 members (excludes halogenated alkanes) is 9.